The van der Waals surface area contributed by atoms with E-state index in [1.54, 1.807) is 54.1 Å². The van der Waals surface area contributed by atoms with Gasteiger partial charge in [-0.2, -0.15) is 0 Å². The van der Waals surface area contributed by atoms with Crippen LogP contribution in [0.25, 0.3) is 0 Å². The van der Waals surface area contributed by atoms with E-state index < -0.39 is 22.0 Å². The normalized spacial score (nSPS) is 20.3. The standard InChI is InChI=1S/C36H47N3O7S/c1-26-23-39(27(2)25-40)36(42)32-22-30(37-47(43,44)31-16-9-6-10-17-31)18-19-33(32)46-28(3)13-11-12-20-45-34(26)24-38(4)35(41)21-29-14-7-5-8-15-29/h5-10,14-19,22,26-28,34,37,40H,11-13,20-21,23-25H2,1-4H3/t26-,27-,28+,34-/m0/s1. The number of rotatable bonds is 9. The number of aliphatic hydroxyl groups excluding tert-OH is 1. The summed E-state index contributed by atoms with van der Waals surface area (Å²) in [5, 5.41) is 10.2. The molecule has 254 valence electrons. The van der Waals surface area contributed by atoms with Gasteiger partial charge in [0.2, 0.25) is 5.91 Å². The molecule has 0 spiro atoms. The minimum atomic E-state index is -3.91. The molecule has 0 saturated carbocycles. The van der Waals surface area contributed by atoms with E-state index in [1.807, 2.05) is 44.2 Å². The van der Waals surface area contributed by atoms with Gasteiger partial charge in [-0.15, -0.1) is 0 Å². The molecule has 1 heterocycles. The fourth-order valence-corrected chi connectivity index (χ4v) is 6.61. The topological polar surface area (TPSA) is 125 Å². The Morgan fingerprint density at radius 2 is 1.72 bits per heavy atom. The molecule has 4 atom stereocenters. The molecule has 4 rings (SSSR count). The number of carbonyl (C=O) groups is 2. The highest BCUT2D eigenvalue weighted by Gasteiger charge is 2.31. The van der Waals surface area contributed by atoms with Gasteiger partial charge in [-0.1, -0.05) is 55.5 Å². The first kappa shape index (κ1) is 35.9. The molecule has 3 aromatic rings. The second kappa shape index (κ2) is 16.8. The van der Waals surface area contributed by atoms with Gasteiger partial charge in [0.25, 0.3) is 15.9 Å². The first-order valence-corrected chi connectivity index (χ1v) is 17.7. The van der Waals surface area contributed by atoms with Gasteiger partial charge < -0.3 is 24.4 Å². The number of ether oxygens (including phenoxy) is 2. The van der Waals surface area contributed by atoms with Crippen LogP contribution in [0, 0.1) is 5.92 Å². The number of sulfonamides is 1. The average molecular weight is 666 g/mol. The lowest BCUT2D eigenvalue weighted by Crippen LogP contribution is -2.48. The summed E-state index contributed by atoms with van der Waals surface area (Å²) in [5.41, 5.74) is 1.32. The van der Waals surface area contributed by atoms with Crippen LogP contribution in [-0.2, 0) is 26.0 Å². The Morgan fingerprint density at radius 1 is 1.04 bits per heavy atom. The van der Waals surface area contributed by atoms with E-state index in [0.717, 1.165) is 18.4 Å². The third-order valence-electron chi connectivity index (χ3n) is 8.43. The largest absolute Gasteiger partial charge is 0.490 e. The number of amides is 2. The second-order valence-electron chi connectivity index (χ2n) is 12.4. The van der Waals surface area contributed by atoms with Gasteiger partial charge in [0, 0.05) is 38.3 Å². The number of carbonyl (C=O) groups excluding carboxylic acids is 2. The first-order valence-electron chi connectivity index (χ1n) is 16.2. The Kier molecular flexibility index (Phi) is 12.8. The minimum absolute atomic E-state index is 0.0338. The highest BCUT2D eigenvalue weighted by atomic mass is 32.2. The molecular formula is C36H47N3O7S. The smallest absolute Gasteiger partial charge is 0.261 e. The number of aliphatic hydroxyl groups is 1. The van der Waals surface area contributed by atoms with Crippen LogP contribution in [0.3, 0.4) is 0 Å². The molecule has 0 unspecified atom stereocenters. The van der Waals surface area contributed by atoms with Gasteiger partial charge in [-0.3, -0.25) is 14.3 Å². The molecule has 1 aliphatic rings. The monoisotopic (exact) mass is 665 g/mol. The molecule has 2 amide bonds. The lowest BCUT2D eigenvalue weighted by molar-refractivity contribution is -0.131. The molecule has 0 fully saturated rings. The molecule has 0 saturated heterocycles. The predicted molar refractivity (Wildman–Crippen MR) is 182 cm³/mol. The van der Waals surface area contributed by atoms with E-state index in [2.05, 4.69) is 4.72 Å². The lowest BCUT2D eigenvalue weighted by Gasteiger charge is -2.36. The van der Waals surface area contributed by atoms with E-state index in [4.69, 9.17) is 9.47 Å². The maximum absolute atomic E-state index is 14.3. The van der Waals surface area contributed by atoms with Crippen LogP contribution in [-0.4, -0.2) is 86.7 Å². The zero-order valence-electron chi connectivity index (χ0n) is 27.7. The SMILES string of the molecule is C[C@@H]1CCCCO[C@@H](CN(C)C(=O)Cc2ccccc2)[C@@H](C)CN([C@@H](C)CO)C(=O)c2cc(NS(=O)(=O)c3ccccc3)ccc2O1. The van der Waals surface area contributed by atoms with Gasteiger partial charge in [-0.25, -0.2) is 8.42 Å². The van der Waals surface area contributed by atoms with Crippen LogP contribution in [0.1, 0.15) is 56.0 Å². The highest BCUT2D eigenvalue weighted by Crippen LogP contribution is 2.29. The summed E-state index contributed by atoms with van der Waals surface area (Å²) in [6, 6.07) is 21.7. The van der Waals surface area contributed by atoms with Gasteiger partial charge in [0.15, 0.2) is 0 Å². The number of nitrogens with one attached hydrogen (secondary N) is 1. The first-order chi connectivity index (χ1) is 22.5. The van der Waals surface area contributed by atoms with E-state index >= 15 is 0 Å². The average Bonchev–Trinajstić information content (AvgIpc) is 3.06. The van der Waals surface area contributed by atoms with Crippen LogP contribution >= 0.6 is 0 Å². The van der Waals surface area contributed by atoms with Gasteiger partial charge in [0.05, 0.1) is 41.7 Å². The number of likely N-dealkylation sites (N-methyl/N-ethyl adjacent to an activating group) is 1. The molecule has 0 radical (unpaired) electrons. The molecule has 10 nitrogen and oxygen atoms in total. The summed E-state index contributed by atoms with van der Waals surface area (Å²) in [6.07, 6.45) is 2.01. The van der Waals surface area contributed by atoms with Crippen LogP contribution < -0.4 is 9.46 Å². The molecule has 11 heteroatoms. The zero-order chi connectivity index (χ0) is 34.0. The lowest BCUT2D eigenvalue weighted by atomic mass is 10.0. The third-order valence-corrected chi connectivity index (χ3v) is 9.83. The van der Waals surface area contributed by atoms with Crippen molar-refractivity contribution in [1.82, 2.24) is 9.80 Å². The van der Waals surface area contributed by atoms with Crippen LogP contribution in [0.4, 0.5) is 5.69 Å². The van der Waals surface area contributed by atoms with Crippen LogP contribution in [0.5, 0.6) is 5.75 Å². The fourth-order valence-electron chi connectivity index (χ4n) is 5.54. The van der Waals surface area contributed by atoms with E-state index in [-0.39, 0.29) is 59.8 Å². The Hall–Kier alpha value is -3.93. The molecule has 47 heavy (non-hydrogen) atoms. The highest BCUT2D eigenvalue weighted by molar-refractivity contribution is 7.92. The number of anilines is 1. The molecular weight excluding hydrogens is 618 g/mol. The number of nitrogens with zero attached hydrogens (tertiary/aromatic N) is 2. The summed E-state index contributed by atoms with van der Waals surface area (Å²) in [5.74, 6) is -0.325. The number of hydrogen-bond donors (Lipinski definition) is 2. The Balaban J connectivity index is 1.63. The Labute approximate surface area is 278 Å². The van der Waals surface area contributed by atoms with Crippen molar-refractivity contribution in [3.8, 4) is 5.75 Å². The van der Waals surface area contributed by atoms with Crippen molar-refractivity contribution in [2.45, 2.75) is 69.6 Å². The zero-order valence-corrected chi connectivity index (χ0v) is 28.5. The van der Waals surface area contributed by atoms with Crippen LogP contribution in [0.15, 0.2) is 83.8 Å². The van der Waals surface area contributed by atoms with Crippen molar-refractivity contribution in [2.75, 3.05) is 38.1 Å². The van der Waals surface area contributed by atoms with Gasteiger partial charge in [0.1, 0.15) is 5.75 Å². The molecule has 0 aromatic heterocycles. The van der Waals surface area contributed by atoms with E-state index in [9.17, 15) is 23.1 Å². The van der Waals surface area contributed by atoms with Crippen molar-refractivity contribution < 1.29 is 32.6 Å². The number of fused-ring (bicyclic) bond motifs is 1. The van der Waals surface area contributed by atoms with Crippen molar-refractivity contribution >= 4 is 27.5 Å². The summed E-state index contributed by atoms with van der Waals surface area (Å²) in [7, 11) is -2.15. The number of benzene rings is 3. The summed E-state index contributed by atoms with van der Waals surface area (Å²) in [4.78, 5) is 30.8. The number of hydrogen-bond acceptors (Lipinski definition) is 7. The molecule has 2 N–H and O–H groups in total. The van der Waals surface area contributed by atoms with Gasteiger partial charge in [-0.05, 0) is 69.0 Å². The maximum Gasteiger partial charge on any atom is 0.261 e. The Morgan fingerprint density at radius 3 is 2.40 bits per heavy atom. The quantitative estimate of drug-likeness (QED) is 0.330. The van der Waals surface area contributed by atoms with E-state index in [0.29, 0.717) is 25.3 Å². The maximum atomic E-state index is 14.3. The van der Waals surface area contributed by atoms with Crippen LogP contribution in [0.2, 0.25) is 0 Å². The molecule has 1 aliphatic heterocycles. The third kappa shape index (κ3) is 10.0. The summed E-state index contributed by atoms with van der Waals surface area (Å²) >= 11 is 0. The van der Waals surface area contributed by atoms with Crippen molar-refractivity contribution in [2.24, 2.45) is 5.92 Å². The Bertz CT molecular complexity index is 1570. The van der Waals surface area contributed by atoms with E-state index in [1.165, 1.54) is 18.2 Å². The second-order valence-corrected chi connectivity index (χ2v) is 14.0. The minimum Gasteiger partial charge on any atom is -0.490 e. The molecule has 3 aromatic carbocycles. The van der Waals surface area contributed by atoms with Crippen molar-refractivity contribution in [3.05, 3.63) is 90.0 Å². The molecule has 0 bridgehead atoms. The molecule has 0 aliphatic carbocycles. The summed E-state index contributed by atoms with van der Waals surface area (Å²) < 4.78 is 41.4. The predicted octanol–water partition coefficient (Wildman–Crippen LogP) is 4.98. The van der Waals surface area contributed by atoms with Gasteiger partial charge >= 0.3 is 0 Å². The fraction of sp³-hybridized carbons (Fsp3) is 0.444. The van der Waals surface area contributed by atoms with Crippen molar-refractivity contribution in [1.29, 1.82) is 0 Å². The van der Waals surface area contributed by atoms with Crippen molar-refractivity contribution in [3.63, 3.8) is 0 Å². The summed E-state index contributed by atoms with van der Waals surface area (Å²) in [6.45, 7) is 6.43.